The maximum Gasteiger partial charge on any atom is 0.260 e. The van der Waals surface area contributed by atoms with E-state index in [4.69, 9.17) is 14.7 Å². The lowest BCUT2D eigenvalue weighted by molar-refractivity contribution is -0.168. The number of likely N-dealkylation sites (N-methyl/N-ethyl adjacent to an activating group) is 1. The molecule has 1 aromatic carbocycles. The summed E-state index contributed by atoms with van der Waals surface area (Å²) >= 11 is 0. The van der Waals surface area contributed by atoms with Gasteiger partial charge < -0.3 is 14.4 Å². The van der Waals surface area contributed by atoms with Crippen LogP contribution in [0.25, 0.3) is 0 Å². The zero-order chi connectivity index (χ0) is 16.6. The van der Waals surface area contributed by atoms with Crippen LogP contribution in [0.15, 0.2) is 24.3 Å². The van der Waals surface area contributed by atoms with Crippen LogP contribution in [0.2, 0.25) is 0 Å². The molecule has 5 heteroatoms. The number of nitriles is 1. The van der Waals surface area contributed by atoms with Crippen molar-refractivity contribution in [3.63, 3.8) is 0 Å². The van der Waals surface area contributed by atoms with Crippen LogP contribution >= 0.6 is 0 Å². The van der Waals surface area contributed by atoms with Crippen molar-refractivity contribution in [2.75, 3.05) is 20.3 Å². The molecule has 5 nitrogen and oxygen atoms in total. The van der Waals surface area contributed by atoms with Gasteiger partial charge in [0, 0.05) is 31.0 Å². The molecule has 2 aliphatic rings. The number of ether oxygens (including phenoxy) is 2. The van der Waals surface area contributed by atoms with E-state index < -0.39 is 0 Å². The van der Waals surface area contributed by atoms with E-state index in [1.165, 1.54) is 0 Å². The Balaban J connectivity index is 1.64. The minimum atomic E-state index is -0.0684. The van der Waals surface area contributed by atoms with Crippen molar-refractivity contribution in [3.05, 3.63) is 29.8 Å². The molecule has 0 N–H and O–H groups in total. The van der Waals surface area contributed by atoms with Crippen molar-refractivity contribution < 1.29 is 14.3 Å². The van der Waals surface area contributed by atoms with E-state index in [9.17, 15) is 4.79 Å². The van der Waals surface area contributed by atoms with E-state index in [1.54, 1.807) is 29.2 Å². The lowest BCUT2D eigenvalue weighted by Gasteiger charge is -2.57. The first-order chi connectivity index (χ1) is 11.0. The topological polar surface area (TPSA) is 62.6 Å². The van der Waals surface area contributed by atoms with Gasteiger partial charge in [-0.05, 0) is 18.6 Å². The largest absolute Gasteiger partial charge is 0.482 e. The highest BCUT2D eigenvalue weighted by Crippen LogP contribution is 2.54. The number of hydrogen-bond acceptors (Lipinski definition) is 4. The van der Waals surface area contributed by atoms with Gasteiger partial charge >= 0.3 is 0 Å². The van der Waals surface area contributed by atoms with Crippen molar-refractivity contribution in [3.8, 4) is 11.8 Å². The van der Waals surface area contributed by atoms with E-state index >= 15 is 0 Å². The first kappa shape index (κ1) is 15.8. The highest BCUT2D eigenvalue weighted by molar-refractivity contribution is 5.78. The van der Waals surface area contributed by atoms with Crippen LogP contribution in [0.5, 0.6) is 5.75 Å². The average molecular weight is 314 g/mol. The molecule has 0 aromatic heterocycles. The first-order valence-electron chi connectivity index (χ1n) is 7.96. The van der Waals surface area contributed by atoms with Gasteiger partial charge in [-0.2, -0.15) is 5.26 Å². The third-order valence-corrected chi connectivity index (χ3v) is 5.21. The molecule has 122 valence electrons. The van der Waals surface area contributed by atoms with Gasteiger partial charge in [0.25, 0.3) is 5.91 Å². The molecule has 1 aliphatic carbocycles. The Hall–Kier alpha value is -2.06. The maximum atomic E-state index is 12.5. The Kier molecular flexibility index (Phi) is 4.03. The van der Waals surface area contributed by atoms with E-state index in [-0.39, 0.29) is 30.1 Å². The molecule has 1 aromatic rings. The van der Waals surface area contributed by atoms with Gasteiger partial charge in [-0.1, -0.05) is 26.0 Å². The van der Waals surface area contributed by atoms with Gasteiger partial charge in [-0.3, -0.25) is 4.79 Å². The molecule has 1 amide bonds. The van der Waals surface area contributed by atoms with Gasteiger partial charge in [0.1, 0.15) is 11.8 Å². The molecule has 23 heavy (non-hydrogen) atoms. The van der Waals surface area contributed by atoms with Gasteiger partial charge in [-0.25, -0.2) is 0 Å². The molecule has 3 rings (SSSR count). The Bertz CT molecular complexity index is 650. The van der Waals surface area contributed by atoms with Crippen LogP contribution in [-0.2, 0) is 9.53 Å². The van der Waals surface area contributed by atoms with Crippen molar-refractivity contribution in [1.29, 1.82) is 5.26 Å². The van der Waals surface area contributed by atoms with Crippen molar-refractivity contribution in [2.24, 2.45) is 11.3 Å². The van der Waals surface area contributed by atoms with Crippen LogP contribution in [0.3, 0.4) is 0 Å². The lowest BCUT2D eigenvalue weighted by Crippen LogP contribution is -2.67. The molecule has 1 saturated heterocycles. The smallest absolute Gasteiger partial charge is 0.260 e. The molecule has 0 bridgehead atoms. The third kappa shape index (κ3) is 2.57. The zero-order valence-electron chi connectivity index (χ0n) is 13.8. The summed E-state index contributed by atoms with van der Waals surface area (Å²) < 4.78 is 11.3. The fourth-order valence-corrected chi connectivity index (χ4v) is 4.17. The van der Waals surface area contributed by atoms with Crippen molar-refractivity contribution in [2.45, 2.75) is 32.4 Å². The Morgan fingerprint density at radius 1 is 1.48 bits per heavy atom. The molecular formula is C18H22N2O3. The summed E-state index contributed by atoms with van der Waals surface area (Å²) in [6, 6.07) is 9.20. The first-order valence-corrected chi connectivity index (χ1v) is 7.96. The number of benzene rings is 1. The number of nitrogens with zero attached hydrogens (tertiary/aromatic N) is 2. The fraction of sp³-hybridized carbons (Fsp3) is 0.556. The number of carbonyl (C=O) groups is 1. The highest BCUT2D eigenvalue weighted by atomic mass is 16.5. The number of fused-ring (bicyclic) bond motifs is 1. The van der Waals surface area contributed by atoms with Gasteiger partial charge in [0.05, 0.1) is 11.7 Å². The predicted molar refractivity (Wildman–Crippen MR) is 84.8 cm³/mol. The number of rotatable bonds is 4. The van der Waals surface area contributed by atoms with Gasteiger partial charge in [-0.15, -0.1) is 0 Å². The lowest BCUT2D eigenvalue weighted by atomic mass is 9.57. The normalized spacial score (nSPS) is 27.5. The van der Waals surface area contributed by atoms with E-state index in [2.05, 4.69) is 19.9 Å². The minimum absolute atomic E-state index is 0.0316. The standard InChI is InChI=1S/C18H22N2O3/c1-18(2)16(13-8-9-22-17(13)18)20(3)15(21)11-23-14-7-5-4-6-12(14)10-19/h4-7,13,16-17H,8-9,11H2,1-3H3/t13-,16-,17-/m1/s1. The molecule has 3 atom stereocenters. The quantitative estimate of drug-likeness (QED) is 0.855. The average Bonchev–Trinajstić information content (AvgIpc) is 2.99. The second kappa shape index (κ2) is 5.86. The summed E-state index contributed by atoms with van der Waals surface area (Å²) in [6.45, 7) is 5.03. The molecule has 1 heterocycles. The second-order valence-corrected chi connectivity index (χ2v) is 6.91. The fourth-order valence-electron chi connectivity index (χ4n) is 4.17. The van der Waals surface area contributed by atoms with Crippen molar-refractivity contribution >= 4 is 5.91 Å². The van der Waals surface area contributed by atoms with Gasteiger partial charge in [0.15, 0.2) is 6.61 Å². The summed E-state index contributed by atoms with van der Waals surface area (Å²) in [4.78, 5) is 14.3. The van der Waals surface area contributed by atoms with E-state index in [1.807, 2.05) is 7.05 Å². The summed E-state index contributed by atoms with van der Waals surface area (Å²) in [5, 5.41) is 9.06. The molecular weight excluding hydrogens is 292 g/mol. The number of hydrogen-bond donors (Lipinski definition) is 0. The summed E-state index contributed by atoms with van der Waals surface area (Å²) in [6.07, 6.45) is 1.26. The second-order valence-electron chi connectivity index (χ2n) is 6.91. The summed E-state index contributed by atoms with van der Waals surface area (Å²) in [5.74, 6) is 0.804. The van der Waals surface area contributed by atoms with Crippen LogP contribution in [0.1, 0.15) is 25.8 Å². The van der Waals surface area contributed by atoms with Crippen molar-refractivity contribution in [1.82, 2.24) is 4.90 Å². The molecule has 0 radical (unpaired) electrons. The van der Waals surface area contributed by atoms with E-state index in [0.29, 0.717) is 17.2 Å². The highest BCUT2D eigenvalue weighted by Gasteiger charge is 2.61. The molecule has 0 unspecified atom stereocenters. The maximum absolute atomic E-state index is 12.5. The molecule has 1 aliphatic heterocycles. The number of para-hydroxylation sites is 1. The van der Waals surface area contributed by atoms with Crippen LogP contribution in [0.4, 0.5) is 0 Å². The van der Waals surface area contributed by atoms with E-state index in [0.717, 1.165) is 13.0 Å². The zero-order valence-corrected chi connectivity index (χ0v) is 13.8. The number of carbonyl (C=O) groups excluding carboxylic acids is 1. The Morgan fingerprint density at radius 2 is 2.22 bits per heavy atom. The number of amides is 1. The predicted octanol–water partition coefficient (Wildman–Crippen LogP) is 2.21. The van der Waals surface area contributed by atoms with Crippen LogP contribution in [-0.4, -0.2) is 43.2 Å². The summed E-state index contributed by atoms with van der Waals surface area (Å²) in [7, 11) is 1.84. The molecule has 1 saturated carbocycles. The SMILES string of the molecule is CN(C(=O)COc1ccccc1C#N)[C@@H]1[C@H]2CCO[C@H]2C1(C)C. The monoisotopic (exact) mass is 314 g/mol. The Labute approximate surface area is 136 Å². The molecule has 0 spiro atoms. The summed E-state index contributed by atoms with van der Waals surface area (Å²) in [5.41, 5.74) is 0.409. The third-order valence-electron chi connectivity index (χ3n) is 5.21. The van der Waals surface area contributed by atoms with Crippen LogP contribution in [0, 0.1) is 22.7 Å². The minimum Gasteiger partial charge on any atom is -0.482 e. The van der Waals surface area contributed by atoms with Crippen LogP contribution < -0.4 is 4.74 Å². The Morgan fingerprint density at radius 3 is 2.96 bits per heavy atom. The van der Waals surface area contributed by atoms with Gasteiger partial charge in [0.2, 0.25) is 0 Å². The molecule has 2 fully saturated rings.